The maximum atomic E-state index is 13.1. The molecule has 158 valence electrons. The van der Waals surface area contributed by atoms with Gasteiger partial charge in [0.1, 0.15) is 11.6 Å². The molecule has 2 heterocycles. The van der Waals surface area contributed by atoms with E-state index in [1.807, 2.05) is 26.0 Å². The van der Waals surface area contributed by atoms with Crippen LogP contribution in [0.25, 0.3) is 16.9 Å². The van der Waals surface area contributed by atoms with Crippen molar-refractivity contribution in [3.8, 4) is 17.3 Å². The number of nitriles is 1. The number of hydrogen-bond acceptors (Lipinski definition) is 4. The molecule has 1 N–H and O–H groups in total. The summed E-state index contributed by atoms with van der Waals surface area (Å²) in [5.41, 5.74) is 4.02. The van der Waals surface area contributed by atoms with E-state index >= 15 is 0 Å². The molecule has 0 amide bonds. The molecule has 0 fully saturated rings. The van der Waals surface area contributed by atoms with Gasteiger partial charge in [-0.05, 0) is 37.6 Å². The Bertz CT molecular complexity index is 1100. The predicted octanol–water partition coefficient (Wildman–Crippen LogP) is 4.70. The number of aromatic amines is 1. The lowest BCUT2D eigenvalue weighted by atomic mass is 9.97. The zero-order valence-electron chi connectivity index (χ0n) is 18.4. The van der Waals surface area contributed by atoms with Crippen molar-refractivity contribution in [1.82, 2.24) is 19.5 Å². The molecule has 0 saturated carbocycles. The zero-order valence-corrected chi connectivity index (χ0v) is 18.4. The number of aromatic nitrogens is 3. The highest BCUT2D eigenvalue weighted by Gasteiger charge is 2.20. The quantitative estimate of drug-likeness (QED) is 0.524. The summed E-state index contributed by atoms with van der Waals surface area (Å²) < 4.78 is 1.37. The second-order valence-electron chi connectivity index (χ2n) is 8.29. The minimum atomic E-state index is -0.148. The van der Waals surface area contributed by atoms with Crippen LogP contribution in [-0.2, 0) is 6.54 Å². The fraction of sp³-hybridized carbons (Fsp3) is 0.458. The Labute approximate surface area is 178 Å². The van der Waals surface area contributed by atoms with Crippen molar-refractivity contribution < 1.29 is 0 Å². The molecule has 0 bridgehead atoms. The first-order valence-electron chi connectivity index (χ1n) is 10.8. The smallest absolute Gasteiger partial charge is 0.276 e. The van der Waals surface area contributed by atoms with Gasteiger partial charge in [0.2, 0.25) is 0 Å². The van der Waals surface area contributed by atoms with E-state index in [1.54, 1.807) is 0 Å². The van der Waals surface area contributed by atoms with Gasteiger partial charge in [-0.1, -0.05) is 58.2 Å². The molecule has 0 aliphatic heterocycles. The number of fused-ring (bicyclic) bond motifs is 1. The normalized spacial score (nSPS) is 11.5. The van der Waals surface area contributed by atoms with E-state index in [2.05, 4.69) is 42.2 Å². The van der Waals surface area contributed by atoms with Crippen molar-refractivity contribution in [1.29, 1.82) is 5.26 Å². The third kappa shape index (κ3) is 4.63. The van der Waals surface area contributed by atoms with Gasteiger partial charge in [0.05, 0.1) is 5.69 Å². The molecule has 30 heavy (non-hydrogen) atoms. The van der Waals surface area contributed by atoms with Gasteiger partial charge in [0, 0.05) is 23.9 Å². The van der Waals surface area contributed by atoms with Gasteiger partial charge in [-0.15, -0.1) is 0 Å². The van der Waals surface area contributed by atoms with Crippen molar-refractivity contribution in [3.05, 3.63) is 57.5 Å². The number of unbranched alkanes of at least 4 members (excludes halogenated alkanes) is 3. The van der Waals surface area contributed by atoms with Gasteiger partial charge < -0.3 is 4.90 Å². The molecular weight excluding hydrogens is 374 g/mol. The van der Waals surface area contributed by atoms with Crippen LogP contribution in [0.5, 0.6) is 0 Å². The monoisotopic (exact) mass is 405 g/mol. The lowest BCUT2D eigenvalue weighted by Crippen LogP contribution is -2.22. The van der Waals surface area contributed by atoms with E-state index in [-0.39, 0.29) is 11.5 Å². The second kappa shape index (κ2) is 9.73. The number of hydrogen-bond donors (Lipinski definition) is 1. The molecular formula is C24H31N5O. The van der Waals surface area contributed by atoms with Crippen LogP contribution in [0, 0.1) is 11.3 Å². The number of H-pyrrole nitrogens is 1. The lowest BCUT2D eigenvalue weighted by molar-refractivity contribution is 0.317. The number of benzene rings is 1. The molecule has 3 aromatic rings. The summed E-state index contributed by atoms with van der Waals surface area (Å²) in [6.45, 7) is 8.14. The molecule has 0 aliphatic rings. The van der Waals surface area contributed by atoms with Crippen molar-refractivity contribution in [2.24, 2.45) is 0 Å². The van der Waals surface area contributed by atoms with Gasteiger partial charge in [0.25, 0.3) is 5.56 Å². The Morgan fingerprint density at radius 3 is 2.77 bits per heavy atom. The van der Waals surface area contributed by atoms with E-state index in [9.17, 15) is 10.1 Å². The van der Waals surface area contributed by atoms with Gasteiger partial charge in [-0.2, -0.15) is 5.26 Å². The van der Waals surface area contributed by atoms with E-state index < -0.39 is 0 Å². The van der Waals surface area contributed by atoms with Crippen molar-refractivity contribution >= 4 is 5.65 Å². The Morgan fingerprint density at radius 1 is 1.27 bits per heavy atom. The number of nitrogens with one attached hydrogen (secondary N) is 1. The van der Waals surface area contributed by atoms with E-state index in [0.29, 0.717) is 22.5 Å². The summed E-state index contributed by atoms with van der Waals surface area (Å²) in [7, 11) is 2.15. The maximum Gasteiger partial charge on any atom is 0.276 e. The minimum absolute atomic E-state index is 0.00984. The molecule has 1 aromatic carbocycles. The van der Waals surface area contributed by atoms with Crippen LogP contribution in [-0.4, -0.2) is 33.1 Å². The van der Waals surface area contributed by atoms with Crippen LogP contribution in [0.3, 0.4) is 0 Å². The van der Waals surface area contributed by atoms with Crippen LogP contribution in [0.15, 0.2) is 35.3 Å². The van der Waals surface area contributed by atoms with Crippen LogP contribution < -0.4 is 5.56 Å². The topological polar surface area (TPSA) is 77.2 Å². The average Bonchev–Trinajstić information content (AvgIpc) is 3.14. The SMILES string of the molecule is CCCCCCN(C)Cc1cccc(-c2nc3c(C#N)c[nH]n3c(=O)c2C(C)C)c1. The Balaban J connectivity index is 1.96. The first-order chi connectivity index (χ1) is 14.5. The molecule has 0 unspecified atom stereocenters. The molecule has 0 radical (unpaired) electrons. The number of rotatable bonds is 9. The maximum absolute atomic E-state index is 13.1. The third-order valence-corrected chi connectivity index (χ3v) is 5.44. The van der Waals surface area contributed by atoms with Crippen molar-refractivity contribution in [3.63, 3.8) is 0 Å². The minimum Gasteiger partial charge on any atom is -0.302 e. The Morgan fingerprint density at radius 2 is 2.07 bits per heavy atom. The van der Waals surface area contributed by atoms with Gasteiger partial charge in [0.15, 0.2) is 5.65 Å². The molecule has 6 nitrogen and oxygen atoms in total. The molecule has 0 aliphatic carbocycles. The fourth-order valence-corrected chi connectivity index (χ4v) is 3.87. The zero-order chi connectivity index (χ0) is 21.7. The van der Waals surface area contributed by atoms with E-state index in [0.717, 1.165) is 18.7 Å². The Hall–Kier alpha value is -2.91. The van der Waals surface area contributed by atoms with Crippen LogP contribution in [0.1, 0.15) is 69.1 Å². The first kappa shape index (κ1) is 21.8. The Kier molecular flexibility index (Phi) is 7.07. The number of nitrogens with zero attached hydrogens (tertiary/aromatic N) is 4. The van der Waals surface area contributed by atoms with Crippen molar-refractivity contribution in [2.75, 3.05) is 13.6 Å². The van der Waals surface area contributed by atoms with E-state index in [1.165, 1.54) is 42.0 Å². The van der Waals surface area contributed by atoms with E-state index in [4.69, 9.17) is 4.98 Å². The summed E-state index contributed by atoms with van der Waals surface area (Å²) in [6, 6.07) is 10.4. The highest BCUT2D eigenvalue weighted by atomic mass is 16.1. The summed E-state index contributed by atoms with van der Waals surface area (Å²) in [5, 5.41) is 12.2. The van der Waals surface area contributed by atoms with Crippen molar-refractivity contribution in [2.45, 2.75) is 58.9 Å². The molecule has 0 atom stereocenters. The highest BCUT2D eigenvalue weighted by Crippen LogP contribution is 2.27. The first-order valence-corrected chi connectivity index (χ1v) is 10.8. The van der Waals surface area contributed by atoms with Crippen LogP contribution in [0.2, 0.25) is 0 Å². The standard InChI is InChI=1S/C24H31N5O/c1-5-6-7-8-12-28(4)16-18-10-9-11-19(13-18)22-21(17(2)3)24(30)29-23(27-22)20(14-25)15-26-29/h9-11,13,15,17,26H,5-8,12,16H2,1-4H3. The predicted molar refractivity (Wildman–Crippen MR) is 121 cm³/mol. The third-order valence-electron chi connectivity index (χ3n) is 5.44. The summed E-state index contributed by atoms with van der Waals surface area (Å²) >= 11 is 0. The molecule has 2 aromatic heterocycles. The summed E-state index contributed by atoms with van der Waals surface area (Å²) in [6.07, 6.45) is 6.54. The lowest BCUT2D eigenvalue weighted by Gasteiger charge is -2.18. The van der Waals surface area contributed by atoms with Crippen LogP contribution in [0.4, 0.5) is 0 Å². The molecule has 6 heteroatoms. The highest BCUT2D eigenvalue weighted by molar-refractivity contribution is 5.68. The molecule has 0 saturated heterocycles. The average molecular weight is 406 g/mol. The summed E-state index contributed by atoms with van der Waals surface area (Å²) in [4.78, 5) is 20.2. The largest absolute Gasteiger partial charge is 0.302 e. The van der Waals surface area contributed by atoms with Crippen LogP contribution >= 0.6 is 0 Å². The summed E-state index contributed by atoms with van der Waals surface area (Å²) in [5.74, 6) is 0.00984. The second-order valence-corrected chi connectivity index (χ2v) is 8.29. The van der Waals surface area contributed by atoms with Gasteiger partial charge in [-0.3, -0.25) is 9.89 Å². The molecule has 0 spiro atoms. The van der Waals surface area contributed by atoms with Gasteiger partial charge >= 0.3 is 0 Å². The molecule has 3 rings (SSSR count). The van der Waals surface area contributed by atoms with Gasteiger partial charge in [-0.25, -0.2) is 9.50 Å². The fourth-order valence-electron chi connectivity index (χ4n) is 3.87.